The van der Waals surface area contributed by atoms with Crippen LogP contribution in [0.25, 0.3) is 0 Å². The molecule has 16 heavy (non-hydrogen) atoms. The van der Waals surface area contributed by atoms with E-state index in [1.807, 2.05) is 6.92 Å². The fourth-order valence-electron chi connectivity index (χ4n) is 1.37. The summed E-state index contributed by atoms with van der Waals surface area (Å²) in [5.74, 6) is 0.382. The highest BCUT2D eigenvalue weighted by Gasteiger charge is 2.07. The minimum absolute atomic E-state index is 0.0218. The van der Waals surface area contributed by atoms with Crippen molar-refractivity contribution in [1.29, 1.82) is 0 Å². The monoisotopic (exact) mass is 227 g/mol. The van der Waals surface area contributed by atoms with Gasteiger partial charge in [0.05, 0.1) is 12.6 Å². The van der Waals surface area contributed by atoms with E-state index in [0.29, 0.717) is 17.9 Å². The SMILES string of the molecule is CCNC(CO)COc1ccc(F)c(C)c1. The molecule has 0 saturated carbocycles. The van der Waals surface area contributed by atoms with Crippen molar-refractivity contribution >= 4 is 0 Å². The number of aliphatic hydroxyl groups is 1. The lowest BCUT2D eigenvalue weighted by Crippen LogP contribution is -2.37. The molecule has 1 aromatic carbocycles. The van der Waals surface area contributed by atoms with Crippen LogP contribution < -0.4 is 10.1 Å². The molecule has 90 valence electrons. The number of rotatable bonds is 6. The van der Waals surface area contributed by atoms with Crippen molar-refractivity contribution in [3.05, 3.63) is 29.6 Å². The van der Waals surface area contributed by atoms with E-state index >= 15 is 0 Å². The van der Waals surface area contributed by atoms with Gasteiger partial charge in [0.2, 0.25) is 0 Å². The minimum Gasteiger partial charge on any atom is -0.492 e. The predicted octanol–water partition coefficient (Wildman–Crippen LogP) is 1.48. The first-order chi connectivity index (χ1) is 7.67. The summed E-state index contributed by atoms with van der Waals surface area (Å²) in [6, 6.07) is 4.53. The predicted molar refractivity (Wildman–Crippen MR) is 61.2 cm³/mol. The number of nitrogens with one attached hydrogen (secondary N) is 1. The van der Waals surface area contributed by atoms with Crippen molar-refractivity contribution in [2.75, 3.05) is 19.8 Å². The molecule has 1 aromatic rings. The number of ether oxygens (including phenoxy) is 1. The summed E-state index contributed by atoms with van der Waals surface area (Å²) in [4.78, 5) is 0. The van der Waals surface area contributed by atoms with Crippen molar-refractivity contribution < 1.29 is 14.2 Å². The number of hydrogen-bond donors (Lipinski definition) is 2. The molecule has 0 saturated heterocycles. The van der Waals surface area contributed by atoms with Crippen LogP contribution in [0.5, 0.6) is 5.75 Å². The van der Waals surface area contributed by atoms with Crippen LogP contribution in [0.3, 0.4) is 0 Å². The lowest BCUT2D eigenvalue weighted by atomic mass is 10.2. The summed E-state index contributed by atoms with van der Waals surface area (Å²) in [6.45, 7) is 4.82. The lowest BCUT2D eigenvalue weighted by Gasteiger charge is -2.16. The molecule has 0 fully saturated rings. The minimum atomic E-state index is -0.238. The molecule has 0 heterocycles. The molecule has 0 aliphatic heterocycles. The van der Waals surface area contributed by atoms with Crippen LogP contribution in [0.2, 0.25) is 0 Å². The number of aryl methyl sites for hydroxylation is 1. The molecule has 0 radical (unpaired) electrons. The number of halogens is 1. The third-order valence-corrected chi connectivity index (χ3v) is 2.29. The van der Waals surface area contributed by atoms with Crippen LogP contribution in [-0.2, 0) is 0 Å². The lowest BCUT2D eigenvalue weighted by molar-refractivity contribution is 0.184. The fraction of sp³-hybridized carbons (Fsp3) is 0.500. The molecule has 2 N–H and O–H groups in total. The first kappa shape index (κ1) is 12.9. The van der Waals surface area contributed by atoms with E-state index < -0.39 is 0 Å². The molecule has 1 rings (SSSR count). The van der Waals surface area contributed by atoms with Gasteiger partial charge in [-0.2, -0.15) is 0 Å². The molecule has 0 aliphatic rings. The summed E-state index contributed by atoms with van der Waals surface area (Å²) in [7, 11) is 0. The number of hydrogen-bond acceptors (Lipinski definition) is 3. The quantitative estimate of drug-likeness (QED) is 0.773. The van der Waals surface area contributed by atoms with Crippen LogP contribution in [0.15, 0.2) is 18.2 Å². The summed E-state index contributed by atoms with van der Waals surface area (Å²) >= 11 is 0. The van der Waals surface area contributed by atoms with Gasteiger partial charge in [0, 0.05) is 0 Å². The number of benzene rings is 1. The van der Waals surface area contributed by atoms with Crippen LogP contribution in [0.1, 0.15) is 12.5 Å². The molecule has 0 aliphatic carbocycles. The van der Waals surface area contributed by atoms with Gasteiger partial charge in [0.15, 0.2) is 0 Å². The van der Waals surface area contributed by atoms with Crippen molar-refractivity contribution in [2.45, 2.75) is 19.9 Å². The second-order valence-corrected chi connectivity index (χ2v) is 3.66. The zero-order chi connectivity index (χ0) is 12.0. The average molecular weight is 227 g/mol. The van der Waals surface area contributed by atoms with Gasteiger partial charge in [-0.05, 0) is 37.2 Å². The zero-order valence-electron chi connectivity index (χ0n) is 9.66. The molecule has 4 heteroatoms. The van der Waals surface area contributed by atoms with Crippen LogP contribution in [0.4, 0.5) is 4.39 Å². The highest BCUT2D eigenvalue weighted by Crippen LogP contribution is 2.15. The zero-order valence-corrected chi connectivity index (χ0v) is 9.66. The maximum Gasteiger partial charge on any atom is 0.126 e. The molecule has 0 aromatic heterocycles. The Hall–Kier alpha value is -1.13. The van der Waals surface area contributed by atoms with Gasteiger partial charge in [-0.25, -0.2) is 4.39 Å². The van der Waals surface area contributed by atoms with Gasteiger partial charge in [-0.1, -0.05) is 6.92 Å². The molecule has 0 bridgehead atoms. The van der Waals surface area contributed by atoms with E-state index in [9.17, 15) is 4.39 Å². The first-order valence-electron chi connectivity index (χ1n) is 5.40. The Balaban J connectivity index is 2.50. The van der Waals surface area contributed by atoms with Gasteiger partial charge in [0.1, 0.15) is 18.2 Å². The van der Waals surface area contributed by atoms with Gasteiger partial charge in [-0.3, -0.25) is 0 Å². The summed E-state index contributed by atoms with van der Waals surface area (Å²) < 4.78 is 18.4. The first-order valence-corrected chi connectivity index (χ1v) is 5.40. The largest absolute Gasteiger partial charge is 0.492 e. The fourth-order valence-corrected chi connectivity index (χ4v) is 1.37. The molecular formula is C12H18FNO2. The third kappa shape index (κ3) is 3.79. The Bertz CT molecular complexity index is 331. The smallest absolute Gasteiger partial charge is 0.126 e. The molecular weight excluding hydrogens is 209 g/mol. The standard InChI is InChI=1S/C12H18FNO2/c1-3-14-10(7-15)8-16-11-4-5-12(13)9(2)6-11/h4-6,10,14-15H,3,7-8H2,1-2H3. The van der Waals surface area contributed by atoms with Gasteiger partial charge in [0.25, 0.3) is 0 Å². The van der Waals surface area contributed by atoms with Crippen molar-refractivity contribution in [3.8, 4) is 5.75 Å². The Morgan fingerprint density at radius 2 is 2.25 bits per heavy atom. The molecule has 3 nitrogen and oxygen atoms in total. The second-order valence-electron chi connectivity index (χ2n) is 3.66. The normalized spacial score (nSPS) is 12.5. The topological polar surface area (TPSA) is 41.5 Å². The van der Waals surface area contributed by atoms with E-state index in [1.165, 1.54) is 6.07 Å². The van der Waals surface area contributed by atoms with Gasteiger partial charge >= 0.3 is 0 Å². The molecule has 1 unspecified atom stereocenters. The highest BCUT2D eigenvalue weighted by molar-refractivity contribution is 5.28. The maximum absolute atomic E-state index is 13.0. The van der Waals surface area contributed by atoms with E-state index in [-0.39, 0.29) is 18.5 Å². The summed E-state index contributed by atoms with van der Waals surface area (Å²) in [5.41, 5.74) is 0.557. The van der Waals surface area contributed by atoms with E-state index in [0.717, 1.165) is 6.54 Å². The molecule has 1 atom stereocenters. The number of aliphatic hydroxyl groups excluding tert-OH is 1. The Morgan fingerprint density at radius 3 is 2.81 bits per heavy atom. The average Bonchev–Trinajstić information content (AvgIpc) is 2.28. The van der Waals surface area contributed by atoms with Crippen LogP contribution >= 0.6 is 0 Å². The summed E-state index contributed by atoms with van der Waals surface area (Å²) in [6.07, 6.45) is 0. The highest BCUT2D eigenvalue weighted by atomic mass is 19.1. The molecule has 0 amide bonds. The van der Waals surface area contributed by atoms with E-state index in [4.69, 9.17) is 9.84 Å². The van der Waals surface area contributed by atoms with Crippen LogP contribution in [0, 0.1) is 12.7 Å². The van der Waals surface area contributed by atoms with E-state index in [2.05, 4.69) is 5.32 Å². The summed E-state index contributed by atoms with van der Waals surface area (Å²) in [5, 5.41) is 12.1. The molecule has 0 spiro atoms. The number of likely N-dealkylation sites (N-methyl/N-ethyl adjacent to an activating group) is 1. The second kappa shape index (κ2) is 6.45. The van der Waals surface area contributed by atoms with Crippen molar-refractivity contribution in [2.24, 2.45) is 0 Å². The van der Waals surface area contributed by atoms with Gasteiger partial charge in [-0.15, -0.1) is 0 Å². The Morgan fingerprint density at radius 1 is 1.50 bits per heavy atom. The van der Waals surface area contributed by atoms with Gasteiger partial charge < -0.3 is 15.2 Å². The van der Waals surface area contributed by atoms with Crippen molar-refractivity contribution in [1.82, 2.24) is 5.32 Å². The Labute approximate surface area is 95.2 Å². The van der Waals surface area contributed by atoms with Crippen LogP contribution in [-0.4, -0.2) is 30.9 Å². The maximum atomic E-state index is 13.0. The Kier molecular flexibility index (Phi) is 5.22. The van der Waals surface area contributed by atoms with E-state index in [1.54, 1.807) is 19.1 Å². The third-order valence-electron chi connectivity index (χ3n) is 2.29. The van der Waals surface area contributed by atoms with Crippen molar-refractivity contribution in [3.63, 3.8) is 0 Å².